The molecule has 0 aromatic carbocycles. The van der Waals surface area contributed by atoms with E-state index < -0.39 is 16.0 Å². The number of ether oxygens (including phenoxy) is 1. The van der Waals surface area contributed by atoms with Crippen molar-refractivity contribution in [3.05, 3.63) is 27.7 Å². The summed E-state index contributed by atoms with van der Waals surface area (Å²) in [5.74, 6) is -0.581. The molecule has 0 unspecified atom stereocenters. The number of nitrogens with one attached hydrogen (secondary N) is 1. The maximum absolute atomic E-state index is 12.5. The lowest BCUT2D eigenvalue weighted by molar-refractivity contribution is 0.0607. The van der Waals surface area contributed by atoms with E-state index in [1.165, 1.54) is 17.9 Å². The first-order valence-electron chi connectivity index (χ1n) is 5.96. The third-order valence-electron chi connectivity index (χ3n) is 2.99. The highest BCUT2D eigenvalue weighted by molar-refractivity contribution is 7.92. The summed E-state index contributed by atoms with van der Waals surface area (Å²) >= 11 is 1.11. The van der Waals surface area contributed by atoms with Gasteiger partial charge in [0.2, 0.25) is 0 Å². The van der Waals surface area contributed by atoms with Crippen LogP contribution in [-0.2, 0) is 21.8 Å². The monoisotopic (exact) mass is 329 g/mol. The fraction of sp³-hybridized carbons (Fsp3) is 0.333. The SMILES string of the molecule is COC(=O)c1sccc1NS(=O)(=O)c1c(C)nn(C)c1C. The molecular weight excluding hydrogens is 314 g/mol. The topological polar surface area (TPSA) is 90.3 Å². The van der Waals surface area contributed by atoms with Gasteiger partial charge in [-0.05, 0) is 25.3 Å². The number of hydrogen-bond acceptors (Lipinski definition) is 6. The largest absolute Gasteiger partial charge is 0.465 e. The maximum atomic E-state index is 12.5. The molecule has 9 heteroatoms. The minimum Gasteiger partial charge on any atom is -0.465 e. The molecule has 0 aliphatic carbocycles. The first-order valence-corrected chi connectivity index (χ1v) is 8.33. The van der Waals surface area contributed by atoms with E-state index >= 15 is 0 Å². The van der Waals surface area contributed by atoms with Crippen molar-refractivity contribution in [2.45, 2.75) is 18.7 Å². The second-order valence-corrected chi connectivity index (χ2v) is 6.92. The second-order valence-electron chi connectivity index (χ2n) is 4.38. The summed E-state index contributed by atoms with van der Waals surface area (Å²) in [6.07, 6.45) is 0. The normalized spacial score (nSPS) is 11.4. The highest BCUT2D eigenvalue weighted by Crippen LogP contribution is 2.27. The zero-order valence-corrected chi connectivity index (χ0v) is 13.6. The second kappa shape index (κ2) is 5.49. The van der Waals surface area contributed by atoms with Crippen LogP contribution in [0.5, 0.6) is 0 Å². The van der Waals surface area contributed by atoms with Crippen molar-refractivity contribution in [1.29, 1.82) is 0 Å². The number of anilines is 1. The minimum absolute atomic E-state index is 0.118. The Morgan fingerprint density at radius 3 is 2.62 bits per heavy atom. The predicted octanol–water partition coefficient (Wildman–Crippen LogP) is 1.69. The van der Waals surface area contributed by atoms with Gasteiger partial charge >= 0.3 is 5.97 Å². The van der Waals surface area contributed by atoms with E-state index in [1.807, 2.05) is 0 Å². The van der Waals surface area contributed by atoms with Gasteiger partial charge in [-0.2, -0.15) is 5.10 Å². The molecule has 0 fully saturated rings. The van der Waals surface area contributed by atoms with E-state index in [1.54, 1.807) is 26.3 Å². The zero-order valence-electron chi connectivity index (χ0n) is 12.0. The molecule has 0 saturated carbocycles. The highest BCUT2D eigenvalue weighted by Gasteiger charge is 2.26. The Bertz CT molecular complexity index is 790. The van der Waals surface area contributed by atoms with Gasteiger partial charge in [0.05, 0.1) is 24.2 Å². The van der Waals surface area contributed by atoms with E-state index in [9.17, 15) is 13.2 Å². The van der Waals surface area contributed by atoms with Crippen LogP contribution in [0.3, 0.4) is 0 Å². The van der Waals surface area contributed by atoms with Crippen LogP contribution in [0.4, 0.5) is 5.69 Å². The highest BCUT2D eigenvalue weighted by atomic mass is 32.2. The summed E-state index contributed by atoms with van der Waals surface area (Å²) in [5, 5.41) is 5.71. The van der Waals surface area contributed by atoms with Crippen LogP contribution in [0.1, 0.15) is 21.1 Å². The third-order valence-corrected chi connectivity index (χ3v) is 5.50. The van der Waals surface area contributed by atoms with E-state index in [4.69, 9.17) is 0 Å². The smallest absolute Gasteiger partial charge is 0.350 e. The van der Waals surface area contributed by atoms with Crippen LogP contribution in [0, 0.1) is 13.8 Å². The molecule has 2 rings (SSSR count). The lowest BCUT2D eigenvalue weighted by Gasteiger charge is -2.08. The van der Waals surface area contributed by atoms with Crippen molar-refractivity contribution in [1.82, 2.24) is 9.78 Å². The van der Waals surface area contributed by atoms with Gasteiger partial charge in [-0.25, -0.2) is 13.2 Å². The number of aryl methyl sites for hydroxylation is 2. The summed E-state index contributed by atoms with van der Waals surface area (Å²) in [4.78, 5) is 11.9. The molecule has 0 saturated heterocycles. The van der Waals surface area contributed by atoms with E-state index in [-0.39, 0.29) is 15.5 Å². The van der Waals surface area contributed by atoms with Crippen molar-refractivity contribution in [2.24, 2.45) is 7.05 Å². The number of carbonyl (C=O) groups is 1. The summed E-state index contributed by atoms with van der Waals surface area (Å²) < 4.78 is 33.6. The Hall–Kier alpha value is -1.87. The standard InChI is InChI=1S/C12H15N3O4S2/c1-7-11(8(2)15(3)13-7)21(17,18)14-9-5-6-20-10(9)12(16)19-4/h5-6,14H,1-4H3. The quantitative estimate of drug-likeness (QED) is 0.862. The maximum Gasteiger partial charge on any atom is 0.350 e. The molecule has 2 heterocycles. The summed E-state index contributed by atoms with van der Waals surface area (Å²) in [5.41, 5.74) is 1.13. The van der Waals surface area contributed by atoms with Gasteiger partial charge < -0.3 is 4.74 Å². The fourth-order valence-electron chi connectivity index (χ4n) is 1.98. The number of methoxy groups -OCH3 is 1. The molecule has 0 amide bonds. The Morgan fingerprint density at radius 2 is 2.10 bits per heavy atom. The van der Waals surface area contributed by atoms with Gasteiger partial charge in [0.1, 0.15) is 9.77 Å². The molecule has 0 atom stereocenters. The Kier molecular flexibility index (Phi) is 4.06. The fourth-order valence-corrected chi connectivity index (χ4v) is 4.32. The number of hydrogen-bond donors (Lipinski definition) is 1. The molecule has 0 aliphatic heterocycles. The third kappa shape index (κ3) is 2.79. The van der Waals surface area contributed by atoms with Crippen molar-refractivity contribution >= 4 is 33.0 Å². The molecule has 2 aromatic heterocycles. The Balaban J connectivity index is 2.43. The number of aromatic nitrogens is 2. The van der Waals surface area contributed by atoms with Crippen LogP contribution in [0.15, 0.2) is 16.3 Å². The van der Waals surface area contributed by atoms with Crippen molar-refractivity contribution in [3.63, 3.8) is 0 Å². The number of thiophene rings is 1. The molecule has 114 valence electrons. The molecule has 0 bridgehead atoms. The van der Waals surface area contributed by atoms with Crippen LogP contribution in [0.25, 0.3) is 0 Å². The van der Waals surface area contributed by atoms with Gasteiger partial charge in [-0.3, -0.25) is 9.40 Å². The van der Waals surface area contributed by atoms with Crippen molar-refractivity contribution in [2.75, 3.05) is 11.8 Å². The zero-order chi connectivity index (χ0) is 15.8. The number of esters is 1. The Labute approximate surface area is 126 Å². The molecule has 7 nitrogen and oxygen atoms in total. The average molecular weight is 329 g/mol. The Morgan fingerprint density at radius 1 is 1.43 bits per heavy atom. The number of carbonyl (C=O) groups excluding carboxylic acids is 1. The first kappa shape index (κ1) is 15.5. The van der Waals surface area contributed by atoms with Crippen LogP contribution in [-0.4, -0.2) is 31.3 Å². The predicted molar refractivity (Wildman–Crippen MR) is 79.1 cm³/mol. The number of sulfonamides is 1. The first-order chi connectivity index (χ1) is 9.77. The lowest BCUT2D eigenvalue weighted by atomic mass is 10.4. The van der Waals surface area contributed by atoms with Gasteiger partial charge in [0.25, 0.3) is 10.0 Å². The number of nitrogens with zero attached hydrogens (tertiary/aromatic N) is 2. The lowest BCUT2D eigenvalue weighted by Crippen LogP contribution is -2.16. The molecule has 0 spiro atoms. The van der Waals surface area contributed by atoms with E-state index in [2.05, 4.69) is 14.6 Å². The van der Waals surface area contributed by atoms with E-state index in [0.717, 1.165) is 11.3 Å². The summed E-state index contributed by atoms with van der Waals surface area (Å²) in [6.45, 7) is 3.29. The van der Waals surface area contributed by atoms with Crippen molar-refractivity contribution < 1.29 is 17.9 Å². The van der Waals surface area contributed by atoms with Gasteiger partial charge in [0, 0.05) is 7.05 Å². The van der Waals surface area contributed by atoms with Crippen LogP contribution >= 0.6 is 11.3 Å². The molecule has 1 N–H and O–H groups in total. The van der Waals surface area contributed by atoms with Crippen molar-refractivity contribution in [3.8, 4) is 0 Å². The average Bonchev–Trinajstić information content (AvgIpc) is 2.93. The summed E-state index contributed by atoms with van der Waals surface area (Å²) in [6, 6.07) is 1.52. The molecule has 21 heavy (non-hydrogen) atoms. The molecular formula is C12H15N3O4S2. The summed E-state index contributed by atoms with van der Waals surface area (Å²) in [7, 11) is -0.904. The molecule has 0 aliphatic rings. The number of rotatable bonds is 4. The van der Waals surface area contributed by atoms with E-state index in [0.29, 0.717) is 11.4 Å². The molecule has 0 radical (unpaired) electrons. The van der Waals surface area contributed by atoms with Crippen LogP contribution < -0.4 is 4.72 Å². The van der Waals surface area contributed by atoms with Gasteiger partial charge in [-0.15, -0.1) is 11.3 Å². The molecule has 2 aromatic rings. The van der Waals surface area contributed by atoms with Gasteiger partial charge in [0.15, 0.2) is 0 Å². The van der Waals surface area contributed by atoms with Crippen LogP contribution in [0.2, 0.25) is 0 Å². The minimum atomic E-state index is -3.82. The van der Waals surface area contributed by atoms with Gasteiger partial charge in [-0.1, -0.05) is 0 Å².